The molecule has 10 heteroatoms. The van der Waals surface area contributed by atoms with Gasteiger partial charge in [0.1, 0.15) is 0 Å². The Balaban J connectivity index is 1.66. The van der Waals surface area contributed by atoms with Gasteiger partial charge in [-0.1, -0.05) is 24.8 Å². The summed E-state index contributed by atoms with van der Waals surface area (Å²) in [6.07, 6.45) is -1.98. The summed E-state index contributed by atoms with van der Waals surface area (Å²) >= 11 is 2.47. The van der Waals surface area contributed by atoms with Crippen LogP contribution in [0.5, 0.6) is 0 Å². The number of hydrogen-bond donors (Lipinski definition) is 0. The van der Waals surface area contributed by atoms with E-state index in [1.165, 1.54) is 28.5 Å². The first kappa shape index (κ1) is 22.3. The number of halogens is 3. The van der Waals surface area contributed by atoms with Gasteiger partial charge < -0.3 is 4.90 Å². The number of likely N-dealkylation sites (tertiary alicyclic amines) is 1. The number of fused-ring (bicyclic) bond motifs is 1. The third-order valence-corrected chi connectivity index (χ3v) is 7.59. The number of piperidine rings is 1. The van der Waals surface area contributed by atoms with Gasteiger partial charge in [0, 0.05) is 25.3 Å². The van der Waals surface area contributed by atoms with Crippen LogP contribution in [-0.2, 0) is 17.4 Å². The first-order valence-corrected chi connectivity index (χ1v) is 12.1. The predicted octanol–water partition coefficient (Wildman–Crippen LogP) is 4.25. The fourth-order valence-electron chi connectivity index (χ4n) is 3.71. The van der Waals surface area contributed by atoms with Crippen molar-refractivity contribution < 1.29 is 18.0 Å². The minimum Gasteiger partial charge on any atom is -0.342 e. The molecule has 0 radical (unpaired) electrons. The van der Waals surface area contributed by atoms with Crippen molar-refractivity contribution in [2.24, 2.45) is 5.92 Å². The fourth-order valence-corrected chi connectivity index (χ4v) is 5.67. The van der Waals surface area contributed by atoms with Gasteiger partial charge in [-0.3, -0.25) is 14.2 Å². The number of aryl methyl sites for hydroxylation is 1. The summed E-state index contributed by atoms with van der Waals surface area (Å²) in [4.78, 5) is 32.6. The SMILES string of the molecule is CC1CCN(C(=O)CSc2nc3c(c(=O)n2-c2cccc(C(F)(F)F)c2)SCC3)CC1. The van der Waals surface area contributed by atoms with Gasteiger partial charge in [-0.05, 0) is 37.0 Å². The van der Waals surface area contributed by atoms with E-state index in [0.29, 0.717) is 41.8 Å². The largest absolute Gasteiger partial charge is 0.416 e. The van der Waals surface area contributed by atoms with Crippen LogP contribution in [0.1, 0.15) is 31.0 Å². The standard InChI is InChI=1S/C21H22F3N3O2S2/c1-13-5-8-26(9-6-13)17(28)12-31-20-25-16-7-10-30-18(16)19(29)27(20)15-4-2-3-14(11-15)21(22,23)24/h2-4,11,13H,5-10,12H2,1H3. The Hall–Kier alpha value is -1.94. The van der Waals surface area contributed by atoms with Gasteiger partial charge in [0.15, 0.2) is 5.16 Å². The minimum atomic E-state index is -4.52. The van der Waals surface area contributed by atoms with Gasteiger partial charge in [-0.25, -0.2) is 4.98 Å². The summed E-state index contributed by atoms with van der Waals surface area (Å²) in [5.74, 6) is 1.35. The molecule has 2 aliphatic heterocycles. The lowest BCUT2D eigenvalue weighted by Crippen LogP contribution is -2.39. The summed E-state index contributed by atoms with van der Waals surface area (Å²) in [6.45, 7) is 3.57. The highest BCUT2D eigenvalue weighted by Gasteiger charge is 2.31. The molecule has 0 unspecified atom stereocenters. The second-order valence-electron chi connectivity index (χ2n) is 7.81. The number of alkyl halides is 3. The van der Waals surface area contributed by atoms with Crippen LogP contribution in [0.4, 0.5) is 13.2 Å². The van der Waals surface area contributed by atoms with Crippen LogP contribution in [0, 0.1) is 5.92 Å². The fraction of sp³-hybridized carbons (Fsp3) is 0.476. The van der Waals surface area contributed by atoms with E-state index in [9.17, 15) is 22.8 Å². The van der Waals surface area contributed by atoms with Crippen molar-refractivity contribution in [3.05, 3.63) is 45.9 Å². The van der Waals surface area contributed by atoms with Gasteiger partial charge in [0.05, 0.1) is 27.6 Å². The molecule has 0 saturated carbocycles. The van der Waals surface area contributed by atoms with E-state index in [2.05, 4.69) is 11.9 Å². The molecule has 0 N–H and O–H groups in total. The Labute approximate surface area is 186 Å². The number of rotatable bonds is 4. The van der Waals surface area contributed by atoms with Crippen molar-refractivity contribution in [2.45, 2.75) is 42.4 Å². The Morgan fingerprint density at radius 1 is 1.29 bits per heavy atom. The van der Waals surface area contributed by atoms with Crippen molar-refractivity contribution in [1.29, 1.82) is 0 Å². The van der Waals surface area contributed by atoms with Gasteiger partial charge in [-0.2, -0.15) is 13.2 Å². The molecule has 5 nitrogen and oxygen atoms in total. The maximum atomic E-state index is 13.2. The molecule has 4 rings (SSSR count). The van der Waals surface area contributed by atoms with Crippen molar-refractivity contribution in [2.75, 3.05) is 24.6 Å². The maximum Gasteiger partial charge on any atom is 0.416 e. The van der Waals surface area contributed by atoms with Crippen LogP contribution < -0.4 is 5.56 Å². The Morgan fingerprint density at radius 3 is 2.74 bits per heavy atom. The maximum absolute atomic E-state index is 13.2. The lowest BCUT2D eigenvalue weighted by Gasteiger charge is -2.30. The third kappa shape index (κ3) is 4.79. The summed E-state index contributed by atoms with van der Waals surface area (Å²) in [6, 6.07) is 4.66. The molecule has 3 heterocycles. The Bertz CT molecular complexity index is 1050. The van der Waals surface area contributed by atoms with E-state index in [4.69, 9.17) is 0 Å². The van der Waals surface area contributed by atoms with Gasteiger partial charge in [-0.15, -0.1) is 11.8 Å². The second-order valence-corrected chi connectivity index (χ2v) is 9.86. The molecule has 166 valence electrons. The average molecular weight is 470 g/mol. The van der Waals surface area contributed by atoms with E-state index < -0.39 is 11.7 Å². The molecule has 2 aromatic rings. The highest BCUT2D eigenvalue weighted by atomic mass is 32.2. The number of nitrogens with zero attached hydrogens (tertiary/aromatic N) is 3. The van der Waals surface area contributed by atoms with Crippen LogP contribution >= 0.6 is 23.5 Å². The first-order chi connectivity index (χ1) is 14.7. The molecule has 2 aliphatic rings. The minimum absolute atomic E-state index is 0.0448. The molecule has 0 aliphatic carbocycles. The van der Waals surface area contributed by atoms with Crippen LogP contribution in [-0.4, -0.2) is 45.0 Å². The number of aromatic nitrogens is 2. The average Bonchev–Trinajstić information content (AvgIpc) is 3.21. The normalized spacial score (nSPS) is 17.1. The van der Waals surface area contributed by atoms with Crippen molar-refractivity contribution >= 4 is 29.4 Å². The van der Waals surface area contributed by atoms with E-state index >= 15 is 0 Å². The molecule has 1 amide bonds. The predicted molar refractivity (Wildman–Crippen MR) is 115 cm³/mol. The molecule has 0 atom stereocenters. The van der Waals surface area contributed by atoms with E-state index in [1.54, 1.807) is 0 Å². The van der Waals surface area contributed by atoms with Crippen molar-refractivity contribution in [1.82, 2.24) is 14.5 Å². The highest BCUT2D eigenvalue weighted by Crippen LogP contribution is 2.33. The Kier molecular flexibility index (Phi) is 6.39. The number of benzene rings is 1. The van der Waals surface area contributed by atoms with Crippen LogP contribution in [0.2, 0.25) is 0 Å². The molecule has 0 spiro atoms. The summed E-state index contributed by atoms with van der Waals surface area (Å²) in [5.41, 5.74) is -0.461. The second kappa shape index (κ2) is 8.90. The smallest absolute Gasteiger partial charge is 0.342 e. The number of carbonyl (C=O) groups excluding carboxylic acids is 1. The van der Waals surface area contributed by atoms with Crippen molar-refractivity contribution in [3.63, 3.8) is 0 Å². The summed E-state index contributed by atoms with van der Waals surface area (Å²) in [7, 11) is 0. The monoisotopic (exact) mass is 469 g/mol. The highest BCUT2D eigenvalue weighted by molar-refractivity contribution is 8.00. The molecule has 1 saturated heterocycles. The number of hydrogen-bond acceptors (Lipinski definition) is 5. The van der Waals surface area contributed by atoms with Crippen LogP contribution in [0.3, 0.4) is 0 Å². The molecule has 1 aromatic heterocycles. The molecular weight excluding hydrogens is 447 g/mol. The Morgan fingerprint density at radius 2 is 2.03 bits per heavy atom. The molecule has 31 heavy (non-hydrogen) atoms. The van der Waals surface area contributed by atoms with Gasteiger partial charge >= 0.3 is 6.18 Å². The van der Waals surface area contributed by atoms with Crippen molar-refractivity contribution in [3.8, 4) is 5.69 Å². The number of amides is 1. The molecular formula is C21H22F3N3O2S2. The lowest BCUT2D eigenvalue weighted by atomic mass is 9.99. The van der Waals surface area contributed by atoms with Crippen LogP contribution in [0.15, 0.2) is 39.1 Å². The number of carbonyl (C=O) groups is 1. The molecule has 1 fully saturated rings. The van der Waals surface area contributed by atoms with Crippen LogP contribution in [0.25, 0.3) is 5.69 Å². The molecule has 0 bridgehead atoms. The lowest BCUT2D eigenvalue weighted by molar-refractivity contribution is -0.137. The topological polar surface area (TPSA) is 55.2 Å². The zero-order valence-corrected chi connectivity index (χ0v) is 18.6. The van der Waals surface area contributed by atoms with Gasteiger partial charge in [0.2, 0.25) is 5.91 Å². The zero-order valence-electron chi connectivity index (χ0n) is 16.9. The summed E-state index contributed by atoms with van der Waals surface area (Å²) in [5, 5.41) is 0.254. The molecule has 1 aromatic carbocycles. The van der Waals surface area contributed by atoms with Gasteiger partial charge in [0.25, 0.3) is 5.56 Å². The first-order valence-electron chi connectivity index (χ1n) is 10.1. The van der Waals surface area contributed by atoms with E-state index in [1.807, 2.05) is 4.90 Å². The zero-order chi connectivity index (χ0) is 22.2. The third-order valence-electron chi connectivity index (χ3n) is 5.56. The quantitative estimate of drug-likeness (QED) is 0.495. The summed E-state index contributed by atoms with van der Waals surface area (Å²) < 4.78 is 40.9. The van der Waals surface area contributed by atoms with E-state index in [-0.39, 0.29) is 28.1 Å². The number of thioether (sulfide) groups is 2. The van der Waals surface area contributed by atoms with E-state index in [0.717, 1.165) is 36.7 Å².